The number of likely N-dealkylation sites (tertiary alicyclic amines) is 1. The van der Waals surface area contributed by atoms with Crippen molar-refractivity contribution in [3.63, 3.8) is 0 Å². The highest BCUT2D eigenvalue weighted by Gasteiger charge is 2.35. The minimum atomic E-state index is -0.841. The molecule has 0 bridgehead atoms. The van der Waals surface area contributed by atoms with Crippen molar-refractivity contribution in [2.24, 2.45) is 5.92 Å². The largest absolute Gasteiger partial charge is 0.388 e. The SMILES string of the molecule is CCC(C)C(C)(O)CNC(=O)C(C)N1C(C)CCC1C. The molecule has 1 fully saturated rings. The Bertz CT molecular complexity index is 320. The van der Waals surface area contributed by atoms with Gasteiger partial charge in [0.25, 0.3) is 0 Å². The predicted octanol–water partition coefficient (Wildman–Crippen LogP) is 2.16. The third kappa shape index (κ3) is 3.95. The first-order chi connectivity index (χ1) is 9.20. The molecule has 1 aliphatic rings. The van der Waals surface area contributed by atoms with E-state index in [2.05, 4.69) is 31.0 Å². The van der Waals surface area contributed by atoms with Crippen molar-refractivity contribution >= 4 is 5.91 Å². The van der Waals surface area contributed by atoms with Gasteiger partial charge in [0, 0.05) is 18.6 Å². The number of amides is 1. The summed E-state index contributed by atoms with van der Waals surface area (Å²) in [4.78, 5) is 14.6. The van der Waals surface area contributed by atoms with Crippen LogP contribution in [0, 0.1) is 5.92 Å². The molecular formula is C16H32N2O2. The van der Waals surface area contributed by atoms with Crippen LogP contribution < -0.4 is 5.32 Å². The number of hydrogen-bond donors (Lipinski definition) is 2. The van der Waals surface area contributed by atoms with Gasteiger partial charge in [-0.25, -0.2) is 0 Å². The van der Waals surface area contributed by atoms with E-state index in [0.29, 0.717) is 18.6 Å². The lowest BCUT2D eigenvalue weighted by molar-refractivity contribution is -0.128. The van der Waals surface area contributed by atoms with Crippen molar-refractivity contribution in [2.45, 2.75) is 84.5 Å². The van der Waals surface area contributed by atoms with Crippen LogP contribution in [0.4, 0.5) is 0 Å². The molecule has 0 aliphatic carbocycles. The molecule has 5 atom stereocenters. The van der Waals surface area contributed by atoms with Gasteiger partial charge in [-0.3, -0.25) is 9.69 Å². The fourth-order valence-electron chi connectivity index (χ4n) is 3.14. The molecule has 118 valence electrons. The molecule has 5 unspecified atom stereocenters. The van der Waals surface area contributed by atoms with E-state index in [1.807, 2.05) is 13.8 Å². The number of hydrogen-bond acceptors (Lipinski definition) is 3. The van der Waals surface area contributed by atoms with E-state index in [0.717, 1.165) is 19.3 Å². The van der Waals surface area contributed by atoms with E-state index < -0.39 is 5.60 Å². The third-order valence-electron chi connectivity index (χ3n) is 5.14. The fourth-order valence-corrected chi connectivity index (χ4v) is 3.14. The van der Waals surface area contributed by atoms with Gasteiger partial charge in [-0.05, 0) is 46.5 Å². The van der Waals surface area contributed by atoms with Gasteiger partial charge in [-0.15, -0.1) is 0 Å². The molecule has 0 spiro atoms. The molecular weight excluding hydrogens is 252 g/mol. The first-order valence-corrected chi connectivity index (χ1v) is 7.98. The predicted molar refractivity (Wildman–Crippen MR) is 82.5 cm³/mol. The zero-order valence-corrected chi connectivity index (χ0v) is 13.9. The maximum absolute atomic E-state index is 12.3. The number of aliphatic hydroxyl groups is 1. The minimum Gasteiger partial charge on any atom is -0.388 e. The average Bonchev–Trinajstić information content (AvgIpc) is 2.73. The monoisotopic (exact) mass is 284 g/mol. The molecule has 0 aromatic rings. The van der Waals surface area contributed by atoms with Crippen LogP contribution in [0.1, 0.15) is 60.8 Å². The van der Waals surface area contributed by atoms with Gasteiger partial charge < -0.3 is 10.4 Å². The maximum atomic E-state index is 12.3. The number of nitrogens with one attached hydrogen (secondary N) is 1. The van der Waals surface area contributed by atoms with Crippen molar-refractivity contribution in [1.82, 2.24) is 10.2 Å². The van der Waals surface area contributed by atoms with Gasteiger partial charge in [-0.1, -0.05) is 20.3 Å². The normalized spacial score (nSPS) is 29.8. The van der Waals surface area contributed by atoms with Gasteiger partial charge in [0.1, 0.15) is 0 Å². The molecule has 4 nitrogen and oxygen atoms in total. The Hall–Kier alpha value is -0.610. The summed E-state index contributed by atoms with van der Waals surface area (Å²) in [6, 6.07) is 0.789. The smallest absolute Gasteiger partial charge is 0.237 e. The summed E-state index contributed by atoms with van der Waals surface area (Å²) in [5.41, 5.74) is -0.841. The van der Waals surface area contributed by atoms with Gasteiger partial charge in [0.15, 0.2) is 0 Å². The Balaban J connectivity index is 2.54. The van der Waals surface area contributed by atoms with Crippen LogP contribution in [0.25, 0.3) is 0 Å². The fraction of sp³-hybridized carbons (Fsp3) is 0.938. The summed E-state index contributed by atoms with van der Waals surface area (Å²) in [6.07, 6.45) is 3.21. The second-order valence-corrected chi connectivity index (χ2v) is 6.78. The highest BCUT2D eigenvalue weighted by molar-refractivity contribution is 5.81. The van der Waals surface area contributed by atoms with Crippen molar-refractivity contribution < 1.29 is 9.90 Å². The van der Waals surface area contributed by atoms with E-state index in [9.17, 15) is 9.90 Å². The summed E-state index contributed by atoms with van der Waals surface area (Å²) in [6.45, 7) is 12.5. The summed E-state index contributed by atoms with van der Waals surface area (Å²) in [7, 11) is 0. The second-order valence-electron chi connectivity index (χ2n) is 6.78. The lowest BCUT2D eigenvalue weighted by Crippen LogP contribution is -2.52. The lowest BCUT2D eigenvalue weighted by Gasteiger charge is -2.34. The van der Waals surface area contributed by atoms with Crippen LogP contribution in [0.15, 0.2) is 0 Å². The summed E-state index contributed by atoms with van der Waals surface area (Å²) < 4.78 is 0. The first kappa shape index (κ1) is 17.4. The van der Waals surface area contributed by atoms with E-state index in [1.54, 1.807) is 6.92 Å². The molecule has 0 aromatic carbocycles. The van der Waals surface area contributed by atoms with Crippen molar-refractivity contribution in [3.05, 3.63) is 0 Å². The summed E-state index contributed by atoms with van der Waals surface area (Å²) in [5, 5.41) is 13.3. The Morgan fingerprint density at radius 3 is 2.30 bits per heavy atom. The van der Waals surface area contributed by atoms with Crippen LogP contribution in [-0.2, 0) is 4.79 Å². The first-order valence-electron chi connectivity index (χ1n) is 7.98. The van der Waals surface area contributed by atoms with E-state index >= 15 is 0 Å². The zero-order valence-electron chi connectivity index (χ0n) is 13.9. The van der Waals surface area contributed by atoms with Gasteiger partial charge >= 0.3 is 0 Å². The maximum Gasteiger partial charge on any atom is 0.237 e. The van der Waals surface area contributed by atoms with E-state index in [1.165, 1.54) is 0 Å². The highest BCUT2D eigenvalue weighted by atomic mass is 16.3. The molecule has 0 saturated carbocycles. The molecule has 1 aliphatic heterocycles. The Morgan fingerprint density at radius 2 is 1.85 bits per heavy atom. The van der Waals surface area contributed by atoms with Crippen LogP contribution in [0.3, 0.4) is 0 Å². The molecule has 2 N–H and O–H groups in total. The van der Waals surface area contributed by atoms with E-state index in [4.69, 9.17) is 0 Å². The Kier molecular flexibility index (Phi) is 6.02. The van der Waals surface area contributed by atoms with E-state index in [-0.39, 0.29) is 17.9 Å². The van der Waals surface area contributed by atoms with Crippen LogP contribution in [0.5, 0.6) is 0 Å². The molecule has 1 amide bonds. The number of nitrogens with zero attached hydrogens (tertiary/aromatic N) is 1. The highest BCUT2D eigenvalue weighted by Crippen LogP contribution is 2.26. The van der Waals surface area contributed by atoms with Crippen LogP contribution in [-0.4, -0.2) is 46.2 Å². The second kappa shape index (κ2) is 6.90. The molecule has 1 rings (SSSR count). The third-order valence-corrected chi connectivity index (χ3v) is 5.14. The van der Waals surface area contributed by atoms with Crippen LogP contribution >= 0.6 is 0 Å². The summed E-state index contributed by atoms with van der Waals surface area (Å²) >= 11 is 0. The van der Waals surface area contributed by atoms with Crippen molar-refractivity contribution in [3.8, 4) is 0 Å². The van der Waals surface area contributed by atoms with Crippen LogP contribution in [0.2, 0.25) is 0 Å². The minimum absolute atomic E-state index is 0.0224. The van der Waals surface area contributed by atoms with Crippen molar-refractivity contribution in [1.29, 1.82) is 0 Å². The molecule has 0 aromatic heterocycles. The number of carbonyl (C=O) groups excluding carboxylic acids is 1. The molecule has 4 heteroatoms. The summed E-state index contributed by atoms with van der Waals surface area (Å²) in [5.74, 6) is 0.192. The molecule has 1 heterocycles. The van der Waals surface area contributed by atoms with Crippen molar-refractivity contribution in [2.75, 3.05) is 6.54 Å². The molecule has 1 saturated heterocycles. The van der Waals surface area contributed by atoms with Gasteiger partial charge in [0.05, 0.1) is 11.6 Å². The standard InChI is InChI=1S/C16H32N2O2/c1-7-11(2)16(6,20)10-17-15(19)14(5)18-12(3)8-9-13(18)4/h11-14,20H,7-10H2,1-6H3,(H,17,19). The Morgan fingerprint density at radius 1 is 1.35 bits per heavy atom. The zero-order chi connectivity index (χ0) is 15.5. The average molecular weight is 284 g/mol. The topological polar surface area (TPSA) is 52.6 Å². The van der Waals surface area contributed by atoms with Gasteiger partial charge in [-0.2, -0.15) is 0 Å². The molecule has 0 radical (unpaired) electrons. The lowest BCUT2D eigenvalue weighted by atomic mass is 9.88. The molecule has 20 heavy (non-hydrogen) atoms. The Labute approximate surface area is 123 Å². The quantitative estimate of drug-likeness (QED) is 0.786. The number of carbonyl (C=O) groups is 1. The van der Waals surface area contributed by atoms with Gasteiger partial charge in [0.2, 0.25) is 5.91 Å². The number of rotatable bonds is 6.